The Hall–Kier alpha value is -0.613. The van der Waals surface area contributed by atoms with Crippen molar-refractivity contribution in [2.24, 2.45) is 5.92 Å². The predicted octanol–water partition coefficient (Wildman–Crippen LogP) is 1.83. The molecule has 0 N–H and O–H groups in total. The van der Waals surface area contributed by atoms with Crippen LogP contribution in [0.1, 0.15) is 13.8 Å². The molecule has 0 aliphatic rings. The van der Waals surface area contributed by atoms with E-state index in [0.29, 0.717) is 0 Å². The smallest absolute Gasteiger partial charge is 0.253 e. The van der Waals surface area contributed by atoms with Crippen LogP contribution in [0.25, 0.3) is 0 Å². The fraction of sp³-hybridized carbons (Fsp3) is 0.700. The van der Waals surface area contributed by atoms with E-state index in [2.05, 4.69) is 6.58 Å². The highest BCUT2D eigenvalue weighted by Crippen LogP contribution is 2.19. The summed E-state index contributed by atoms with van der Waals surface area (Å²) in [6, 6.07) is 0. The fourth-order valence-electron chi connectivity index (χ4n) is 2.00. The van der Waals surface area contributed by atoms with Crippen molar-refractivity contribution in [1.29, 1.82) is 0 Å². The Morgan fingerprint density at radius 3 is 2.07 bits per heavy atom. The number of carbonyl (C=O) groups excluding carboxylic acids is 1. The monoisotopic (exact) mass is 214 g/mol. The van der Waals surface area contributed by atoms with E-state index in [4.69, 9.17) is 0 Å². The van der Waals surface area contributed by atoms with Crippen molar-refractivity contribution >= 4 is 14.2 Å². The highest BCUT2D eigenvalue weighted by Gasteiger charge is 2.39. The number of rotatable bonds is 4. The Morgan fingerprint density at radius 2 is 1.86 bits per heavy atom. The Kier molecular flexibility index (Phi) is 4.54. The van der Waals surface area contributed by atoms with Crippen LogP contribution in [0.3, 0.4) is 0 Å². The van der Waals surface area contributed by atoms with E-state index < -0.39 is 8.32 Å². The molecule has 0 aromatic heterocycles. The van der Waals surface area contributed by atoms with Gasteiger partial charge < -0.3 is 4.90 Å². The minimum Gasteiger partial charge on any atom is -0.339 e. The van der Waals surface area contributed by atoms with Gasteiger partial charge in [0.1, 0.15) is 0 Å². The molecule has 1 radical (unpaired) electrons. The second kappa shape index (κ2) is 4.75. The van der Waals surface area contributed by atoms with Crippen LogP contribution in [0.4, 0.5) is 0 Å². The maximum absolute atomic E-state index is 12.0. The highest BCUT2D eigenvalue weighted by molar-refractivity contribution is 6.71. The van der Waals surface area contributed by atoms with E-state index >= 15 is 0 Å². The topological polar surface area (TPSA) is 40.2 Å². The number of amides is 1. The normalized spacial score (nSPS) is 13.9. The summed E-state index contributed by atoms with van der Waals surface area (Å²) in [5.74, 6) is 0.0307. The number of likely N-dealkylation sites (N-methyl/N-ethyl adjacent to an activating group) is 1. The van der Waals surface area contributed by atoms with Crippen molar-refractivity contribution in [1.82, 2.24) is 4.90 Å². The summed E-state index contributed by atoms with van der Waals surface area (Å²) in [5.41, 5.74) is -0.173. The standard InChI is InChI=1S/C10H20NO2Si/c1-7-9(12)11(4)10(8(2)3)14(5,6)13/h7-8,10H,1H2,2-6H3. The fourth-order valence-corrected chi connectivity index (χ4v) is 4.66. The molecule has 0 fully saturated rings. The minimum absolute atomic E-state index is 0.167. The Morgan fingerprint density at radius 1 is 1.43 bits per heavy atom. The first kappa shape index (κ1) is 13.4. The van der Waals surface area contributed by atoms with Crippen molar-refractivity contribution in [3.63, 3.8) is 0 Å². The molecule has 3 nitrogen and oxygen atoms in total. The summed E-state index contributed by atoms with van der Waals surface area (Å²) in [7, 11) is -0.903. The van der Waals surface area contributed by atoms with Crippen LogP contribution in [0.15, 0.2) is 12.7 Å². The summed E-state index contributed by atoms with van der Waals surface area (Å²) < 4.78 is 0. The Labute approximate surface area is 87.6 Å². The SMILES string of the molecule is C=CC(=O)N(C)C(C(C)C)[Si](C)(C)[O]. The Balaban J connectivity index is 4.84. The van der Waals surface area contributed by atoms with Gasteiger partial charge in [-0.25, -0.2) is 0 Å². The molecule has 0 saturated heterocycles. The molecule has 0 bridgehead atoms. The van der Waals surface area contributed by atoms with Gasteiger partial charge in [-0.2, -0.15) is 0 Å². The first-order valence-electron chi connectivity index (χ1n) is 4.81. The third-order valence-electron chi connectivity index (χ3n) is 2.28. The largest absolute Gasteiger partial charge is 0.339 e. The predicted molar refractivity (Wildman–Crippen MR) is 59.8 cm³/mol. The van der Waals surface area contributed by atoms with Gasteiger partial charge in [-0.05, 0) is 25.1 Å². The van der Waals surface area contributed by atoms with Gasteiger partial charge in [0.25, 0.3) is 8.32 Å². The molecule has 0 heterocycles. The second-order valence-electron chi connectivity index (χ2n) is 4.45. The molecule has 0 rings (SSSR count). The van der Waals surface area contributed by atoms with Crippen LogP contribution in [-0.4, -0.2) is 31.8 Å². The lowest BCUT2D eigenvalue weighted by Crippen LogP contribution is -2.55. The van der Waals surface area contributed by atoms with Gasteiger partial charge in [0.15, 0.2) is 0 Å². The van der Waals surface area contributed by atoms with Gasteiger partial charge >= 0.3 is 0 Å². The lowest BCUT2D eigenvalue weighted by molar-refractivity contribution is -0.126. The molecule has 0 aliphatic carbocycles. The van der Waals surface area contributed by atoms with E-state index in [9.17, 15) is 9.59 Å². The molecule has 0 aromatic carbocycles. The van der Waals surface area contributed by atoms with Crippen molar-refractivity contribution in [3.8, 4) is 0 Å². The first-order chi connectivity index (χ1) is 6.21. The van der Waals surface area contributed by atoms with E-state index in [0.717, 1.165) is 0 Å². The maximum Gasteiger partial charge on any atom is 0.253 e. The summed E-state index contributed by atoms with van der Waals surface area (Å²) in [6.45, 7) is 10.9. The summed E-state index contributed by atoms with van der Waals surface area (Å²) in [4.78, 5) is 25.0. The lowest BCUT2D eigenvalue weighted by atomic mass is 10.2. The molecule has 0 saturated carbocycles. The number of hydrogen-bond donors (Lipinski definition) is 0. The zero-order valence-corrected chi connectivity index (χ0v) is 10.7. The zero-order valence-electron chi connectivity index (χ0n) is 9.70. The number of nitrogens with zero attached hydrogens (tertiary/aromatic N) is 1. The average Bonchev–Trinajstić information content (AvgIpc) is 1.99. The molecule has 81 valence electrons. The molecule has 1 amide bonds. The van der Waals surface area contributed by atoms with Crippen LogP contribution in [0.5, 0.6) is 0 Å². The second-order valence-corrected chi connectivity index (χ2v) is 8.24. The lowest BCUT2D eigenvalue weighted by Gasteiger charge is -2.36. The first-order valence-corrected chi connectivity index (χ1v) is 7.80. The van der Waals surface area contributed by atoms with Crippen molar-refractivity contribution in [2.45, 2.75) is 32.6 Å². The van der Waals surface area contributed by atoms with Crippen LogP contribution < -0.4 is 0 Å². The molecule has 1 atom stereocenters. The molecule has 1 unspecified atom stereocenters. The quantitative estimate of drug-likeness (QED) is 0.520. The van der Waals surface area contributed by atoms with Crippen LogP contribution in [0, 0.1) is 5.92 Å². The van der Waals surface area contributed by atoms with E-state index in [-0.39, 0.29) is 17.5 Å². The van der Waals surface area contributed by atoms with Gasteiger partial charge in [-0.3, -0.25) is 9.59 Å². The van der Waals surface area contributed by atoms with Gasteiger partial charge in [0.2, 0.25) is 5.91 Å². The molecule has 14 heavy (non-hydrogen) atoms. The van der Waals surface area contributed by atoms with Gasteiger partial charge in [0.05, 0.1) is 5.67 Å². The molecular formula is C10H20NO2Si. The maximum atomic E-state index is 12.0. The summed E-state index contributed by atoms with van der Waals surface area (Å²) in [6.07, 6.45) is 1.26. The Bertz CT molecular complexity index is 221. The number of carbonyl (C=O) groups is 1. The van der Waals surface area contributed by atoms with Gasteiger partial charge in [-0.1, -0.05) is 20.4 Å². The zero-order chi connectivity index (χ0) is 11.5. The number of hydrogen-bond acceptors (Lipinski definition) is 1. The summed E-state index contributed by atoms with van der Waals surface area (Å²) in [5, 5.41) is 0. The van der Waals surface area contributed by atoms with Crippen molar-refractivity contribution in [2.75, 3.05) is 7.05 Å². The highest BCUT2D eigenvalue weighted by atomic mass is 28.4. The van der Waals surface area contributed by atoms with Crippen LogP contribution in [-0.2, 0) is 9.59 Å². The average molecular weight is 214 g/mol. The third-order valence-corrected chi connectivity index (χ3v) is 4.76. The minimum atomic E-state index is -2.58. The van der Waals surface area contributed by atoms with Crippen LogP contribution >= 0.6 is 0 Å². The van der Waals surface area contributed by atoms with Crippen molar-refractivity contribution in [3.05, 3.63) is 12.7 Å². The van der Waals surface area contributed by atoms with Crippen molar-refractivity contribution < 1.29 is 9.59 Å². The molecule has 0 spiro atoms. The van der Waals surface area contributed by atoms with E-state index in [1.165, 1.54) is 11.0 Å². The van der Waals surface area contributed by atoms with E-state index in [1.807, 2.05) is 13.8 Å². The molecular weight excluding hydrogens is 194 g/mol. The summed E-state index contributed by atoms with van der Waals surface area (Å²) >= 11 is 0. The van der Waals surface area contributed by atoms with Crippen LogP contribution in [0.2, 0.25) is 13.1 Å². The molecule has 0 aliphatic heterocycles. The third kappa shape index (κ3) is 3.27. The van der Waals surface area contributed by atoms with Gasteiger partial charge in [0, 0.05) is 7.05 Å². The molecule has 4 heteroatoms. The molecule has 0 aromatic rings. The van der Waals surface area contributed by atoms with E-state index in [1.54, 1.807) is 20.1 Å². The van der Waals surface area contributed by atoms with Gasteiger partial charge in [-0.15, -0.1) is 0 Å².